The predicted octanol–water partition coefficient (Wildman–Crippen LogP) is 2.36. The van der Waals surface area contributed by atoms with Gasteiger partial charge in [-0.05, 0) is 50.2 Å². The number of para-hydroxylation sites is 1. The molecule has 0 unspecified atom stereocenters. The van der Waals surface area contributed by atoms with Crippen molar-refractivity contribution in [3.8, 4) is 0 Å². The van der Waals surface area contributed by atoms with Gasteiger partial charge in [0.15, 0.2) is 6.61 Å². The van der Waals surface area contributed by atoms with Gasteiger partial charge in [-0.2, -0.15) is 0 Å². The van der Waals surface area contributed by atoms with Gasteiger partial charge in [0, 0.05) is 28.0 Å². The molecule has 2 aromatic carbocycles. The molecular formula is C20H22N2O5S. The van der Waals surface area contributed by atoms with Crippen LogP contribution in [0.15, 0.2) is 53.4 Å². The van der Waals surface area contributed by atoms with Crippen molar-refractivity contribution in [1.29, 1.82) is 0 Å². The smallest absolute Gasteiger partial charge is 0.338 e. The first-order valence-electron chi connectivity index (χ1n) is 8.58. The predicted molar refractivity (Wildman–Crippen MR) is 107 cm³/mol. The van der Waals surface area contributed by atoms with Crippen LogP contribution in [-0.2, 0) is 20.3 Å². The van der Waals surface area contributed by atoms with E-state index in [0.717, 1.165) is 0 Å². The highest BCUT2D eigenvalue weighted by Crippen LogP contribution is 2.15. The van der Waals surface area contributed by atoms with Gasteiger partial charge in [-0.15, -0.1) is 0 Å². The monoisotopic (exact) mass is 402 g/mol. The molecule has 0 heterocycles. The summed E-state index contributed by atoms with van der Waals surface area (Å²) in [7, 11) is -1.14. The number of esters is 1. The highest BCUT2D eigenvalue weighted by atomic mass is 32.2. The Morgan fingerprint density at radius 1 is 1.04 bits per heavy atom. The second-order valence-electron chi connectivity index (χ2n) is 6.28. The Balaban J connectivity index is 1.96. The van der Waals surface area contributed by atoms with Crippen molar-refractivity contribution >= 4 is 34.3 Å². The van der Waals surface area contributed by atoms with E-state index in [9.17, 15) is 18.6 Å². The Morgan fingerprint density at radius 2 is 1.68 bits per heavy atom. The number of anilines is 1. The molecule has 148 valence electrons. The third kappa shape index (κ3) is 6.02. The van der Waals surface area contributed by atoms with Crippen LogP contribution in [0.4, 0.5) is 5.69 Å². The molecule has 0 bridgehead atoms. The average Bonchev–Trinajstić information content (AvgIpc) is 2.66. The zero-order chi connectivity index (χ0) is 20.7. The van der Waals surface area contributed by atoms with Crippen molar-refractivity contribution in [2.45, 2.75) is 24.8 Å². The number of rotatable bonds is 7. The molecule has 2 amide bonds. The molecule has 2 aromatic rings. The molecule has 0 aromatic heterocycles. The van der Waals surface area contributed by atoms with Gasteiger partial charge in [0.2, 0.25) is 0 Å². The summed E-state index contributed by atoms with van der Waals surface area (Å²) in [6.45, 7) is 3.17. The summed E-state index contributed by atoms with van der Waals surface area (Å²) in [6, 6.07) is 12.6. The maximum absolute atomic E-state index is 12.2. The number of carbonyl (C=O) groups is 3. The van der Waals surface area contributed by atoms with Crippen molar-refractivity contribution in [1.82, 2.24) is 5.32 Å². The van der Waals surface area contributed by atoms with E-state index in [-0.39, 0.29) is 17.5 Å². The van der Waals surface area contributed by atoms with Crippen LogP contribution in [0, 0.1) is 0 Å². The minimum Gasteiger partial charge on any atom is -0.452 e. The van der Waals surface area contributed by atoms with Gasteiger partial charge < -0.3 is 15.4 Å². The van der Waals surface area contributed by atoms with E-state index in [1.165, 1.54) is 18.4 Å². The lowest BCUT2D eigenvalue weighted by atomic mass is 10.1. The Kier molecular flexibility index (Phi) is 7.45. The Morgan fingerprint density at radius 3 is 2.29 bits per heavy atom. The van der Waals surface area contributed by atoms with E-state index in [4.69, 9.17) is 4.74 Å². The summed E-state index contributed by atoms with van der Waals surface area (Å²) in [5.74, 6) is -1.55. The van der Waals surface area contributed by atoms with Gasteiger partial charge in [-0.3, -0.25) is 13.8 Å². The van der Waals surface area contributed by atoms with Crippen LogP contribution in [0.2, 0.25) is 0 Å². The number of hydrogen-bond acceptors (Lipinski definition) is 5. The molecule has 0 fully saturated rings. The molecular weight excluding hydrogens is 380 g/mol. The van der Waals surface area contributed by atoms with Crippen molar-refractivity contribution in [3.05, 3.63) is 59.7 Å². The summed E-state index contributed by atoms with van der Waals surface area (Å²) < 4.78 is 16.4. The summed E-state index contributed by atoms with van der Waals surface area (Å²) in [5, 5.41) is 5.34. The number of ether oxygens (including phenoxy) is 1. The Hall–Kier alpha value is -3.00. The van der Waals surface area contributed by atoms with Gasteiger partial charge in [-0.25, -0.2) is 4.79 Å². The number of carbonyl (C=O) groups excluding carboxylic acids is 3. The van der Waals surface area contributed by atoms with E-state index in [0.29, 0.717) is 16.1 Å². The van der Waals surface area contributed by atoms with Crippen LogP contribution >= 0.6 is 0 Å². The summed E-state index contributed by atoms with van der Waals surface area (Å²) >= 11 is 0. The van der Waals surface area contributed by atoms with Crippen LogP contribution in [-0.4, -0.2) is 40.9 Å². The third-order valence-corrected chi connectivity index (χ3v) is 4.56. The zero-order valence-corrected chi connectivity index (χ0v) is 16.7. The van der Waals surface area contributed by atoms with Gasteiger partial charge >= 0.3 is 5.97 Å². The molecule has 28 heavy (non-hydrogen) atoms. The molecule has 2 rings (SSSR count). The van der Waals surface area contributed by atoms with E-state index in [2.05, 4.69) is 10.6 Å². The first-order valence-corrected chi connectivity index (χ1v) is 10.1. The van der Waals surface area contributed by atoms with Crippen LogP contribution < -0.4 is 10.6 Å². The lowest BCUT2D eigenvalue weighted by Gasteiger charge is -2.13. The van der Waals surface area contributed by atoms with E-state index < -0.39 is 29.3 Å². The lowest BCUT2D eigenvalue weighted by Crippen LogP contribution is -2.31. The largest absolute Gasteiger partial charge is 0.452 e. The van der Waals surface area contributed by atoms with Crippen LogP contribution in [0.1, 0.15) is 34.6 Å². The number of hydrogen-bond donors (Lipinski definition) is 2. The Bertz CT molecular complexity index is 894. The normalized spacial score (nSPS) is 11.6. The molecule has 0 aliphatic carbocycles. The number of benzene rings is 2. The van der Waals surface area contributed by atoms with Crippen molar-refractivity contribution in [2.24, 2.45) is 0 Å². The van der Waals surface area contributed by atoms with Crippen LogP contribution in [0.3, 0.4) is 0 Å². The Labute approximate surface area is 165 Å². The average molecular weight is 402 g/mol. The SMILES string of the molecule is CC(C)NC(=O)c1ccccc1NC(=O)COC(=O)c1ccc([S@](C)=O)cc1. The summed E-state index contributed by atoms with van der Waals surface area (Å²) in [6.07, 6.45) is 1.54. The van der Waals surface area contributed by atoms with Crippen LogP contribution in [0.25, 0.3) is 0 Å². The molecule has 2 N–H and O–H groups in total. The third-order valence-electron chi connectivity index (χ3n) is 3.62. The van der Waals surface area contributed by atoms with Gasteiger partial charge in [0.1, 0.15) is 0 Å². The fourth-order valence-corrected chi connectivity index (χ4v) is 2.83. The van der Waals surface area contributed by atoms with E-state index in [1.54, 1.807) is 36.4 Å². The molecule has 0 aliphatic heterocycles. The minimum absolute atomic E-state index is 0.0475. The summed E-state index contributed by atoms with van der Waals surface area (Å²) in [5.41, 5.74) is 0.897. The molecule has 0 aliphatic rings. The fraction of sp³-hybridized carbons (Fsp3) is 0.250. The second-order valence-corrected chi connectivity index (χ2v) is 7.66. The topological polar surface area (TPSA) is 102 Å². The highest BCUT2D eigenvalue weighted by molar-refractivity contribution is 7.84. The van der Waals surface area contributed by atoms with Crippen molar-refractivity contribution < 1.29 is 23.3 Å². The lowest BCUT2D eigenvalue weighted by molar-refractivity contribution is -0.119. The number of nitrogens with one attached hydrogen (secondary N) is 2. The maximum Gasteiger partial charge on any atom is 0.338 e. The van der Waals surface area contributed by atoms with Gasteiger partial charge in [0.25, 0.3) is 11.8 Å². The fourth-order valence-electron chi connectivity index (χ4n) is 2.31. The first-order chi connectivity index (χ1) is 13.3. The van der Waals surface area contributed by atoms with Gasteiger partial charge in [0.05, 0.1) is 16.8 Å². The van der Waals surface area contributed by atoms with E-state index in [1.807, 2.05) is 13.8 Å². The molecule has 8 heteroatoms. The summed E-state index contributed by atoms with van der Waals surface area (Å²) in [4.78, 5) is 37.0. The minimum atomic E-state index is -1.14. The van der Waals surface area contributed by atoms with Gasteiger partial charge in [-0.1, -0.05) is 12.1 Å². The zero-order valence-electron chi connectivity index (χ0n) is 15.9. The molecule has 0 radical (unpaired) electrons. The highest BCUT2D eigenvalue weighted by Gasteiger charge is 2.15. The molecule has 1 atom stereocenters. The first kappa shape index (κ1) is 21.3. The number of amides is 2. The molecule has 0 saturated carbocycles. The second kappa shape index (κ2) is 9.80. The standard InChI is InChI=1S/C20H22N2O5S/c1-13(2)21-19(24)16-6-4-5-7-17(16)22-18(23)12-27-20(25)14-8-10-15(11-9-14)28(3)26/h4-11,13H,12H2,1-3H3,(H,21,24)(H,22,23)/t28-/m0/s1. The molecule has 0 saturated heterocycles. The van der Waals surface area contributed by atoms with Crippen molar-refractivity contribution in [3.63, 3.8) is 0 Å². The quantitative estimate of drug-likeness (QED) is 0.693. The van der Waals surface area contributed by atoms with E-state index >= 15 is 0 Å². The van der Waals surface area contributed by atoms with Crippen molar-refractivity contribution in [2.75, 3.05) is 18.2 Å². The van der Waals surface area contributed by atoms with Crippen LogP contribution in [0.5, 0.6) is 0 Å². The maximum atomic E-state index is 12.2. The molecule has 7 nitrogen and oxygen atoms in total. The molecule has 0 spiro atoms.